The van der Waals surface area contributed by atoms with E-state index < -0.39 is 0 Å². The van der Waals surface area contributed by atoms with Crippen LogP contribution in [-0.2, 0) is 7.05 Å². The fraction of sp³-hybridized carbons (Fsp3) is 0.100. The molecule has 2 heterocycles. The minimum atomic E-state index is -0.140. The molecule has 0 aliphatic heterocycles. The number of benzene rings is 2. The molecular weight excluding hydrogens is 314 g/mol. The van der Waals surface area contributed by atoms with Gasteiger partial charge in [-0.1, -0.05) is 42.5 Å². The summed E-state index contributed by atoms with van der Waals surface area (Å²) >= 11 is 0. The van der Waals surface area contributed by atoms with Crippen molar-refractivity contribution in [2.75, 3.05) is 0 Å². The van der Waals surface area contributed by atoms with Gasteiger partial charge in [0.15, 0.2) is 0 Å². The molecule has 0 aliphatic rings. The first kappa shape index (κ1) is 15.2. The second kappa shape index (κ2) is 5.63. The molecule has 124 valence electrons. The van der Waals surface area contributed by atoms with Crippen LogP contribution in [-0.4, -0.2) is 19.1 Å². The van der Waals surface area contributed by atoms with Crippen LogP contribution in [0.25, 0.3) is 28.3 Å². The summed E-state index contributed by atoms with van der Waals surface area (Å²) in [5.74, 6) is 0.678. The predicted molar refractivity (Wildman–Crippen MR) is 97.7 cm³/mol. The molecule has 0 fully saturated rings. The maximum atomic E-state index is 12.7. The molecule has 0 radical (unpaired) electrons. The van der Waals surface area contributed by atoms with Crippen LogP contribution in [0.4, 0.5) is 0 Å². The van der Waals surface area contributed by atoms with Crippen LogP contribution in [0.2, 0.25) is 0 Å². The molecule has 0 amide bonds. The summed E-state index contributed by atoms with van der Waals surface area (Å²) in [5, 5.41) is 10.3. The largest absolute Gasteiger partial charge is 0.507 e. The van der Waals surface area contributed by atoms with Crippen molar-refractivity contribution in [3.05, 3.63) is 76.7 Å². The third-order valence-corrected chi connectivity index (χ3v) is 4.45. The second-order valence-corrected chi connectivity index (χ2v) is 6.01. The van der Waals surface area contributed by atoms with Crippen molar-refractivity contribution in [2.45, 2.75) is 6.92 Å². The SMILES string of the molecule is Cc1cc(=O)n2c(-c3ccccc3)c(-c3ccccc3O)nc2n1C. The van der Waals surface area contributed by atoms with Crippen molar-refractivity contribution in [1.82, 2.24) is 14.0 Å². The number of hydrogen-bond acceptors (Lipinski definition) is 3. The van der Waals surface area contributed by atoms with Gasteiger partial charge in [0.05, 0.1) is 5.69 Å². The molecule has 0 bridgehead atoms. The van der Waals surface area contributed by atoms with Crippen molar-refractivity contribution in [3.63, 3.8) is 0 Å². The molecule has 2 aromatic heterocycles. The van der Waals surface area contributed by atoms with Gasteiger partial charge in [0, 0.05) is 29.9 Å². The molecule has 1 N–H and O–H groups in total. The van der Waals surface area contributed by atoms with Crippen molar-refractivity contribution in [2.24, 2.45) is 7.05 Å². The predicted octanol–water partition coefficient (Wildman–Crippen LogP) is 3.38. The number of rotatable bonds is 2. The van der Waals surface area contributed by atoms with Crippen molar-refractivity contribution < 1.29 is 5.11 Å². The molecule has 0 saturated carbocycles. The summed E-state index contributed by atoms with van der Waals surface area (Å²) in [5.41, 5.74) is 3.42. The van der Waals surface area contributed by atoms with Crippen LogP contribution in [0.1, 0.15) is 5.69 Å². The Morgan fingerprint density at radius 3 is 2.40 bits per heavy atom. The molecule has 0 unspecified atom stereocenters. The van der Waals surface area contributed by atoms with E-state index in [1.807, 2.05) is 54.9 Å². The van der Waals surface area contributed by atoms with Gasteiger partial charge >= 0.3 is 0 Å². The molecule has 5 nitrogen and oxygen atoms in total. The summed E-state index contributed by atoms with van der Waals surface area (Å²) in [6.45, 7) is 1.87. The summed E-state index contributed by atoms with van der Waals surface area (Å²) in [6, 6.07) is 18.3. The number of fused-ring (bicyclic) bond motifs is 1. The lowest BCUT2D eigenvalue weighted by atomic mass is 10.0. The first-order valence-electron chi connectivity index (χ1n) is 8.01. The quantitative estimate of drug-likeness (QED) is 0.612. The van der Waals surface area contributed by atoms with Gasteiger partial charge in [-0.2, -0.15) is 0 Å². The summed E-state index contributed by atoms with van der Waals surface area (Å²) in [4.78, 5) is 17.4. The van der Waals surface area contributed by atoms with E-state index in [0.29, 0.717) is 22.7 Å². The van der Waals surface area contributed by atoms with Gasteiger partial charge in [0.25, 0.3) is 5.56 Å². The number of aryl methyl sites for hydroxylation is 2. The number of aromatic hydroxyl groups is 1. The molecule has 0 aliphatic carbocycles. The van der Waals surface area contributed by atoms with Gasteiger partial charge in [0.2, 0.25) is 5.78 Å². The van der Waals surface area contributed by atoms with E-state index in [4.69, 9.17) is 4.98 Å². The first-order valence-corrected chi connectivity index (χ1v) is 8.01. The van der Waals surface area contributed by atoms with Crippen molar-refractivity contribution >= 4 is 5.78 Å². The lowest BCUT2D eigenvalue weighted by Crippen LogP contribution is -2.18. The Kier molecular flexibility index (Phi) is 3.42. The average molecular weight is 331 g/mol. The van der Waals surface area contributed by atoms with Crippen LogP contribution in [0, 0.1) is 6.92 Å². The van der Waals surface area contributed by atoms with E-state index in [9.17, 15) is 9.90 Å². The van der Waals surface area contributed by atoms with Crippen molar-refractivity contribution in [1.29, 1.82) is 0 Å². The van der Waals surface area contributed by atoms with Gasteiger partial charge in [-0.05, 0) is 19.1 Å². The normalized spacial score (nSPS) is 11.1. The van der Waals surface area contributed by atoms with Crippen LogP contribution in [0.5, 0.6) is 5.75 Å². The first-order chi connectivity index (χ1) is 12.1. The van der Waals surface area contributed by atoms with Crippen LogP contribution in [0.15, 0.2) is 65.5 Å². The Bertz CT molecular complexity index is 1140. The lowest BCUT2D eigenvalue weighted by molar-refractivity contribution is 0.477. The van der Waals surface area contributed by atoms with Gasteiger partial charge in [-0.15, -0.1) is 0 Å². The highest BCUT2D eigenvalue weighted by Crippen LogP contribution is 2.36. The number of nitrogens with zero attached hydrogens (tertiary/aromatic N) is 3. The molecule has 0 spiro atoms. The zero-order chi connectivity index (χ0) is 17.6. The van der Waals surface area contributed by atoms with Crippen LogP contribution in [0.3, 0.4) is 0 Å². The maximum Gasteiger partial charge on any atom is 0.259 e. The number of phenolic OH excluding ortho intramolecular Hbond substituents is 1. The zero-order valence-corrected chi connectivity index (χ0v) is 14.0. The summed E-state index contributed by atoms with van der Waals surface area (Å²) < 4.78 is 3.47. The van der Waals surface area contributed by atoms with E-state index in [1.165, 1.54) is 0 Å². The Morgan fingerprint density at radius 1 is 1.00 bits per heavy atom. The third kappa shape index (κ3) is 2.32. The highest BCUT2D eigenvalue weighted by Gasteiger charge is 2.21. The fourth-order valence-corrected chi connectivity index (χ4v) is 3.06. The molecule has 4 rings (SSSR count). The van der Waals surface area contributed by atoms with E-state index >= 15 is 0 Å². The second-order valence-electron chi connectivity index (χ2n) is 6.01. The molecule has 25 heavy (non-hydrogen) atoms. The average Bonchev–Trinajstić information content (AvgIpc) is 3.02. The van der Waals surface area contributed by atoms with Crippen LogP contribution < -0.4 is 5.56 Å². The number of aromatic nitrogens is 3. The third-order valence-electron chi connectivity index (χ3n) is 4.45. The number of para-hydroxylation sites is 1. The Morgan fingerprint density at radius 2 is 1.68 bits per heavy atom. The topological polar surface area (TPSA) is 59.5 Å². The Balaban J connectivity index is 2.20. The minimum Gasteiger partial charge on any atom is -0.507 e. The van der Waals surface area contributed by atoms with E-state index in [0.717, 1.165) is 11.3 Å². The summed E-state index contributed by atoms with van der Waals surface area (Å²) in [6.07, 6.45) is 0. The molecule has 2 aromatic carbocycles. The van der Waals surface area contributed by atoms with Gasteiger partial charge in [-0.25, -0.2) is 9.38 Å². The molecule has 0 saturated heterocycles. The minimum absolute atomic E-state index is 0.134. The van der Waals surface area contributed by atoms with E-state index in [2.05, 4.69) is 0 Å². The number of phenols is 1. The monoisotopic (exact) mass is 331 g/mol. The fourth-order valence-electron chi connectivity index (χ4n) is 3.06. The Hall–Kier alpha value is -3.34. The van der Waals surface area contributed by atoms with Gasteiger partial charge in [0.1, 0.15) is 11.4 Å². The number of imidazole rings is 1. The maximum absolute atomic E-state index is 12.7. The van der Waals surface area contributed by atoms with E-state index in [1.54, 1.807) is 28.7 Å². The van der Waals surface area contributed by atoms with Gasteiger partial charge < -0.3 is 9.67 Å². The zero-order valence-electron chi connectivity index (χ0n) is 14.0. The molecular formula is C20H17N3O2. The van der Waals surface area contributed by atoms with Crippen molar-refractivity contribution in [3.8, 4) is 28.3 Å². The van der Waals surface area contributed by atoms with Crippen LogP contribution >= 0.6 is 0 Å². The summed E-state index contributed by atoms with van der Waals surface area (Å²) in [7, 11) is 1.88. The highest BCUT2D eigenvalue weighted by atomic mass is 16.3. The molecule has 5 heteroatoms. The highest BCUT2D eigenvalue weighted by molar-refractivity contribution is 5.83. The number of hydrogen-bond donors (Lipinski definition) is 1. The standard InChI is InChI=1S/C20H17N3O2/c1-13-12-17(25)23-19(14-8-4-3-5-9-14)18(21-20(23)22(13)2)15-10-6-7-11-16(15)24/h3-12,24H,1-2H3. The smallest absolute Gasteiger partial charge is 0.259 e. The molecule has 4 aromatic rings. The van der Waals surface area contributed by atoms with E-state index in [-0.39, 0.29) is 11.3 Å². The lowest BCUT2D eigenvalue weighted by Gasteiger charge is -2.08. The van der Waals surface area contributed by atoms with Gasteiger partial charge in [-0.3, -0.25) is 4.79 Å². The Labute approximate surface area is 144 Å². The molecule has 0 atom stereocenters.